The predicted octanol–water partition coefficient (Wildman–Crippen LogP) is -2.48. The molecule has 0 aromatic heterocycles. The van der Waals surface area contributed by atoms with Gasteiger partial charge in [-0.1, -0.05) is 0 Å². The third-order valence-corrected chi connectivity index (χ3v) is 1.71. The number of hydrogen-bond acceptors (Lipinski definition) is 5. The Morgan fingerprint density at radius 2 is 2.10 bits per heavy atom. The lowest BCUT2D eigenvalue weighted by molar-refractivity contribution is 0.0503. The van der Waals surface area contributed by atoms with Gasteiger partial charge in [0.15, 0.2) is 6.35 Å². The summed E-state index contributed by atoms with van der Waals surface area (Å²) in [5.41, 5.74) is -0.834. The molecule has 10 heavy (non-hydrogen) atoms. The normalized spacial score (nSPS) is 48.0. The van der Waals surface area contributed by atoms with Crippen molar-refractivity contribution in [1.29, 1.82) is 0 Å². The van der Waals surface area contributed by atoms with Crippen LogP contribution in [0.2, 0.25) is 0 Å². The minimum Gasteiger partial charge on any atom is -0.394 e. The number of hydrogen-bond donors (Lipinski definition) is 5. The first-order valence-corrected chi connectivity index (χ1v) is 3.09. The van der Waals surface area contributed by atoms with Crippen LogP contribution in [-0.4, -0.2) is 40.0 Å². The summed E-state index contributed by atoms with van der Waals surface area (Å²) >= 11 is 0. The molecule has 60 valence electrons. The summed E-state index contributed by atoms with van der Waals surface area (Å²) in [5.74, 6) is 0. The van der Waals surface area contributed by atoms with E-state index in [9.17, 15) is 0 Å². The molecule has 3 unspecified atom stereocenters. The first-order valence-electron chi connectivity index (χ1n) is 3.09. The zero-order valence-electron chi connectivity index (χ0n) is 5.70. The minimum atomic E-state index is -0.938. The maximum atomic E-state index is 9.12. The van der Waals surface area contributed by atoms with Crippen LogP contribution in [0.15, 0.2) is 0 Å². The van der Waals surface area contributed by atoms with Gasteiger partial charge in [0.25, 0.3) is 0 Å². The summed E-state index contributed by atoms with van der Waals surface area (Å²) in [6.45, 7) is 1.39. The topological polar surface area (TPSA) is 84.8 Å². The van der Waals surface area contributed by atoms with Crippen LogP contribution in [0.25, 0.3) is 0 Å². The molecule has 1 aliphatic heterocycles. The van der Waals surface area contributed by atoms with Gasteiger partial charge < -0.3 is 15.3 Å². The first-order chi connectivity index (χ1) is 4.58. The van der Waals surface area contributed by atoms with Crippen LogP contribution in [0.5, 0.6) is 0 Å². The molecule has 1 aliphatic rings. The van der Waals surface area contributed by atoms with Crippen molar-refractivity contribution >= 4 is 0 Å². The van der Waals surface area contributed by atoms with Crippen LogP contribution in [-0.2, 0) is 0 Å². The molecule has 0 saturated carbocycles. The molecule has 5 heteroatoms. The zero-order chi connectivity index (χ0) is 7.78. The molecular formula is C5H12N2O3. The molecule has 0 spiro atoms. The van der Waals surface area contributed by atoms with E-state index in [0.717, 1.165) is 0 Å². The van der Waals surface area contributed by atoms with Crippen molar-refractivity contribution in [3.05, 3.63) is 0 Å². The predicted molar refractivity (Wildman–Crippen MR) is 33.8 cm³/mol. The van der Waals surface area contributed by atoms with Gasteiger partial charge in [-0.05, 0) is 6.92 Å². The van der Waals surface area contributed by atoms with E-state index in [2.05, 4.69) is 10.6 Å². The maximum Gasteiger partial charge on any atom is 0.163 e. The molecule has 0 radical (unpaired) electrons. The average Bonchev–Trinajstić information content (AvgIpc) is 2.09. The second-order valence-electron chi connectivity index (χ2n) is 2.69. The fourth-order valence-electron chi connectivity index (χ4n) is 0.899. The molecule has 0 aliphatic carbocycles. The van der Waals surface area contributed by atoms with Gasteiger partial charge in [0.1, 0.15) is 6.23 Å². The summed E-state index contributed by atoms with van der Waals surface area (Å²) < 4.78 is 0. The Balaban J connectivity index is 2.61. The number of aliphatic hydroxyl groups is 3. The standard InChI is InChI=1S/C5H12N2O3/c1-5(2-8)3(9)6-4(10)7-5/h3-4,6-10H,2H2,1H3. The number of rotatable bonds is 1. The smallest absolute Gasteiger partial charge is 0.163 e. The molecule has 0 aromatic carbocycles. The number of nitrogens with one attached hydrogen (secondary N) is 2. The average molecular weight is 148 g/mol. The third-order valence-electron chi connectivity index (χ3n) is 1.71. The molecular weight excluding hydrogens is 136 g/mol. The lowest BCUT2D eigenvalue weighted by atomic mass is 10.0. The Labute approximate surface area is 58.7 Å². The molecule has 0 amide bonds. The van der Waals surface area contributed by atoms with Gasteiger partial charge >= 0.3 is 0 Å². The van der Waals surface area contributed by atoms with Crippen LogP contribution >= 0.6 is 0 Å². The van der Waals surface area contributed by atoms with Crippen LogP contribution in [0.4, 0.5) is 0 Å². The lowest BCUT2D eigenvalue weighted by Gasteiger charge is -2.23. The fourth-order valence-corrected chi connectivity index (χ4v) is 0.899. The van der Waals surface area contributed by atoms with E-state index in [1.54, 1.807) is 6.92 Å². The summed E-state index contributed by atoms with van der Waals surface area (Å²) in [7, 11) is 0. The number of aliphatic hydroxyl groups excluding tert-OH is 3. The van der Waals surface area contributed by atoms with Crippen molar-refractivity contribution in [3.8, 4) is 0 Å². The van der Waals surface area contributed by atoms with E-state index >= 15 is 0 Å². The molecule has 5 N–H and O–H groups in total. The molecule has 3 atom stereocenters. The Hall–Kier alpha value is -0.200. The summed E-state index contributed by atoms with van der Waals surface area (Å²) in [5, 5.41) is 31.7. The maximum absolute atomic E-state index is 9.12. The molecule has 0 aromatic rings. The SMILES string of the molecule is CC1(CO)NC(O)NC1O. The van der Waals surface area contributed by atoms with Gasteiger partial charge in [-0.2, -0.15) is 0 Å². The molecule has 1 saturated heterocycles. The van der Waals surface area contributed by atoms with Gasteiger partial charge in [0, 0.05) is 0 Å². The second kappa shape index (κ2) is 2.44. The Morgan fingerprint density at radius 3 is 2.30 bits per heavy atom. The fraction of sp³-hybridized carbons (Fsp3) is 1.00. The Morgan fingerprint density at radius 1 is 1.50 bits per heavy atom. The first kappa shape index (κ1) is 7.90. The summed E-state index contributed by atoms with van der Waals surface area (Å²) in [6.07, 6.45) is -1.85. The molecule has 0 bridgehead atoms. The van der Waals surface area contributed by atoms with Gasteiger partial charge in [0.2, 0.25) is 0 Å². The highest BCUT2D eigenvalue weighted by molar-refractivity contribution is 4.94. The quantitative estimate of drug-likeness (QED) is 0.284. The zero-order valence-corrected chi connectivity index (χ0v) is 5.70. The third kappa shape index (κ3) is 1.14. The summed E-state index contributed by atoms with van der Waals surface area (Å²) in [4.78, 5) is 0. The summed E-state index contributed by atoms with van der Waals surface area (Å²) in [6, 6.07) is 0. The highest BCUT2D eigenvalue weighted by atomic mass is 16.3. The van der Waals surface area contributed by atoms with Crippen LogP contribution in [0, 0.1) is 0 Å². The van der Waals surface area contributed by atoms with Gasteiger partial charge in [-0.15, -0.1) is 0 Å². The highest BCUT2D eigenvalue weighted by Crippen LogP contribution is 2.13. The van der Waals surface area contributed by atoms with E-state index in [1.165, 1.54) is 0 Å². The second-order valence-corrected chi connectivity index (χ2v) is 2.69. The van der Waals surface area contributed by atoms with Crippen LogP contribution in [0.3, 0.4) is 0 Å². The van der Waals surface area contributed by atoms with Crippen molar-refractivity contribution in [2.45, 2.75) is 25.0 Å². The minimum absolute atomic E-state index is 0.224. The molecule has 5 nitrogen and oxygen atoms in total. The van der Waals surface area contributed by atoms with E-state index < -0.39 is 18.1 Å². The van der Waals surface area contributed by atoms with Gasteiger partial charge in [0.05, 0.1) is 12.1 Å². The van der Waals surface area contributed by atoms with Crippen molar-refractivity contribution in [3.63, 3.8) is 0 Å². The van der Waals surface area contributed by atoms with Gasteiger partial charge in [-0.3, -0.25) is 10.6 Å². The van der Waals surface area contributed by atoms with Crippen molar-refractivity contribution in [2.75, 3.05) is 6.61 Å². The van der Waals surface area contributed by atoms with Crippen molar-refractivity contribution in [2.24, 2.45) is 0 Å². The Bertz CT molecular complexity index is 132. The van der Waals surface area contributed by atoms with Gasteiger partial charge in [-0.25, -0.2) is 0 Å². The van der Waals surface area contributed by atoms with Crippen molar-refractivity contribution < 1.29 is 15.3 Å². The van der Waals surface area contributed by atoms with E-state index in [1.807, 2.05) is 0 Å². The molecule has 1 heterocycles. The molecule has 1 rings (SSSR count). The largest absolute Gasteiger partial charge is 0.394 e. The van der Waals surface area contributed by atoms with Crippen LogP contribution < -0.4 is 10.6 Å². The van der Waals surface area contributed by atoms with Crippen LogP contribution in [0.1, 0.15) is 6.92 Å². The Kier molecular flexibility index (Phi) is 1.93. The van der Waals surface area contributed by atoms with E-state index in [-0.39, 0.29) is 6.61 Å². The van der Waals surface area contributed by atoms with E-state index in [0.29, 0.717) is 0 Å². The highest BCUT2D eigenvalue weighted by Gasteiger charge is 2.40. The lowest BCUT2D eigenvalue weighted by Crippen LogP contribution is -2.50. The molecule has 1 fully saturated rings. The monoisotopic (exact) mass is 148 g/mol. The van der Waals surface area contributed by atoms with E-state index in [4.69, 9.17) is 15.3 Å². The van der Waals surface area contributed by atoms with Crippen molar-refractivity contribution in [1.82, 2.24) is 10.6 Å².